The van der Waals surface area contributed by atoms with Gasteiger partial charge < -0.3 is 9.84 Å². The van der Waals surface area contributed by atoms with Gasteiger partial charge in [-0.2, -0.15) is 0 Å². The normalized spacial score (nSPS) is 10.9. The average molecular weight is 396 g/mol. The number of hydrogen-bond donors (Lipinski definition) is 1. The Morgan fingerprint density at radius 1 is 1.24 bits per heavy atom. The van der Waals surface area contributed by atoms with E-state index in [1.807, 2.05) is 31.2 Å². The topological polar surface area (TPSA) is 68.0 Å². The van der Waals surface area contributed by atoms with Gasteiger partial charge in [-0.1, -0.05) is 28.9 Å². The third-order valence-electron chi connectivity index (χ3n) is 3.70. The number of amides is 1. The van der Waals surface area contributed by atoms with Crippen molar-refractivity contribution in [2.45, 2.75) is 26.7 Å². The lowest BCUT2D eigenvalue weighted by atomic mass is 10.1. The number of carbonyl (C=O) groups is 1. The highest BCUT2D eigenvalue weighted by atomic mass is 35.5. The largest absolute Gasteiger partial charge is 0.344 e. The molecule has 25 heavy (non-hydrogen) atoms. The Morgan fingerprint density at radius 2 is 1.96 bits per heavy atom. The van der Waals surface area contributed by atoms with Crippen molar-refractivity contribution in [3.63, 3.8) is 0 Å². The molecular weight excluding hydrogens is 381 g/mol. The van der Waals surface area contributed by atoms with Crippen LogP contribution in [0.1, 0.15) is 22.6 Å². The molecule has 1 N–H and O–H groups in total. The number of thiazole rings is 1. The summed E-state index contributed by atoms with van der Waals surface area (Å²) in [4.78, 5) is 17.7. The second-order valence-electron chi connectivity index (χ2n) is 5.50. The molecule has 0 unspecified atom stereocenters. The van der Waals surface area contributed by atoms with Gasteiger partial charge in [-0.3, -0.25) is 4.79 Å². The van der Waals surface area contributed by atoms with Crippen LogP contribution in [-0.2, 0) is 11.2 Å². The monoisotopic (exact) mass is 395 g/mol. The van der Waals surface area contributed by atoms with Crippen LogP contribution >= 0.6 is 34.5 Å². The van der Waals surface area contributed by atoms with Crippen LogP contribution in [0.3, 0.4) is 0 Å². The molecule has 1 amide bonds. The van der Waals surface area contributed by atoms with Gasteiger partial charge in [0.25, 0.3) is 0 Å². The van der Waals surface area contributed by atoms with Gasteiger partial charge in [0.1, 0.15) is 0 Å². The maximum Gasteiger partial charge on any atom is 0.229 e. The molecule has 0 aliphatic rings. The summed E-state index contributed by atoms with van der Waals surface area (Å²) < 4.78 is 4.89. The summed E-state index contributed by atoms with van der Waals surface area (Å²) in [6.45, 7) is 3.77. The van der Waals surface area contributed by atoms with Crippen LogP contribution < -0.4 is 5.32 Å². The number of aryl methyl sites for hydroxylation is 2. The molecule has 0 aliphatic carbocycles. The maximum atomic E-state index is 12.2. The first-order valence-corrected chi connectivity index (χ1v) is 9.15. The van der Waals surface area contributed by atoms with Crippen molar-refractivity contribution in [3.8, 4) is 11.3 Å². The molecule has 0 radical (unpaired) electrons. The second-order valence-corrected chi connectivity index (χ2v) is 7.48. The number of anilines is 1. The lowest BCUT2D eigenvalue weighted by Crippen LogP contribution is -2.12. The highest BCUT2D eigenvalue weighted by Crippen LogP contribution is 2.31. The average Bonchev–Trinajstić information content (AvgIpc) is 3.09. The second kappa shape index (κ2) is 7.56. The Bertz CT molecular complexity index is 884. The van der Waals surface area contributed by atoms with E-state index in [0.717, 1.165) is 21.7 Å². The third-order valence-corrected chi connectivity index (χ3v) is 5.13. The molecule has 0 atom stereocenters. The summed E-state index contributed by atoms with van der Waals surface area (Å²) >= 11 is 13.3. The number of benzene rings is 1. The number of rotatable bonds is 5. The fourth-order valence-corrected chi connectivity index (χ4v) is 3.63. The van der Waals surface area contributed by atoms with E-state index in [4.69, 9.17) is 27.7 Å². The summed E-state index contributed by atoms with van der Waals surface area (Å²) in [5.74, 6) is -0.131. The fraction of sp³-hybridized carbons (Fsp3) is 0.235. The molecular formula is C17H15Cl2N3O2S. The van der Waals surface area contributed by atoms with Gasteiger partial charge in [0.2, 0.25) is 11.1 Å². The highest BCUT2D eigenvalue weighted by molar-refractivity contribution is 7.16. The Hall–Kier alpha value is -1.89. The van der Waals surface area contributed by atoms with Crippen LogP contribution in [0.15, 0.2) is 28.8 Å². The molecule has 0 bridgehead atoms. The van der Waals surface area contributed by atoms with Crippen LogP contribution in [0.4, 0.5) is 5.13 Å². The van der Waals surface area contributed by atoms with Gasteiger partial charge in [-0.25, -0.2) is 4.98 Å². The number of halogens is 2. The molecule has 2 aromatic heterocycles. The van der Waals surface area contributed by atoms with E-state index < -0.39 is 0 Å². The van der Waals surface area contributed by atoms with Crippen LogP contribution in [-0.4, -0.2) is 16.0 Å². The van der Waals surface area contributed by atoms with Crippen molar-refractivity contribution in [2.24, 2.45) is 0 Å². The van der Waals surface area contributed by atoms with Crippen LogP contribution in [0.25, 0.3) is 11.3 Å². The van der Waals surface area contributed by atoms with E-state index in [9.17, 15) is 4.79 Å². The maximum absolute atomic E-state index is 12.2. The molecule has 8 heteroatoms. The van der Waals surface area contributed by atoms with Crippen LogP contribution in [0, 0.1) is 13.8 Å². The number of hydrogen-bond acceptors (Lipinski definition) is 5. The minimum absolute atomic E-state index is 0.131. The van der Waals surface area contributed by atoms with E-state index in [1.165, 1.54) is 11.3 Å². The molecule has 0 spiro atoms. The lowest BCUT2D eigenvalue weighted by Gasteiger charge is -2.01. The van der Waals surface area contributed by atoms with E-state index >= 15 is 0 Å². The van der Waals surface area contributed by atoms with Crippen LogP contribution in [0.5, 0.6) is 0 Å². The molecule has 5 nitrogen and oxygen atoms in total. The summed E-state index contributed by atoms with van der Waals surface area (Å²) in [5, 5.41) is 8.09. The number of nitrogens with zero attached hydrogens (tertiary/aromatic N) is 2. The van der Waals surface area contributed by atoms with Crippen molar-refractivity contribution < 1.29 is 9.32 Å². The molecule has 0 aliphatic heterocycles. The van der Waals surface area contributed by atoms with Gasteiger partial charge in [0.15, 0.2) is 5.13 Å². The van der Waals surface area contributed by atoms with Crippen molar-refractivity contribution in [1.29, 1.82) is 0 Å². The predicted molar refractivity (Wildman–Crippen MR) is 100 cm³/mol. The van der Waals surface area contributed by atoms with E-state index in [1.54, 1.807) is 6.92 Å². The minimum Gasteiger partial charge on any atom is -0.344 e. The first kappa shape index (κ1) is 17.9. The zero-order chi connectivity index (χ0) is 18.0. The number of carbonyl (C=O) groups excluding carboxylic acids is 1. The summed E-state index contributed by atoms with van der Waals surface area (Å²) in [6.07, 6.45) is 0.741. The summed E-state index contributed by atoms with van der Waals surface area (Å²) in [5.41, 5.74) is 3.27. The third kappa shape index (κ3) is 4.21. The summed E-state index contributed by atoms with van der Waals surface area (Å²) in [7, 11) is 0. The number of nitrogens with one attached hydrogen (secondary N) is 1. The smallest absolute Gasteiger partial charge is 0.229 e. The molecule has 1 aromatic carbocycles. The van der Waals surface area contributed by atoms with E-state index in [0.29, 0.717) is 22.3 Å². The Labute approximate surface area is 159 Å². The lowest BCUT2D eigenvalue weighted by molar-refractivity contribution is -0.116. The Kier molecular flexibility index (Phi) is 5.42. The van der Waals surface area contributed by atoms with Crippen molar-refractivity contribution in [2.75, 3.05) is 5.32 Å². The Balaban J connectivity index is 1.66. The quantitative estimate of drug-likeness (QED) is 0.636. The molecule has 2 heterocycles. The van der Waals surface area contributed by atoms with Gasteiger partial charge in [0.05, 0.1) is 11.4 Å². The minimum atomic E-state index is -0.131. The van der Waals surface area contributed by atoms with Crippen LogP contribution in [0.2, 0.25) is 10.2 Å². The van der Waals surface area contributed by atoms with Crippen molar-refractivity contribution in [3.05, 3.63) is 50.6 Å². The predicted octanol–water partition coefficient (Wildman–Crippen LogP) is 5.29. The highest BCUT2D eigenvalue weighted by Gasteiger charge is 2.15. The molecule has 0 saturated heterocycles. The molecule has 130 valence electrons. The first-order valence-electron chi connectivity index (χ1n) is 7.58. The Morgan fingerprint density at radius 3 is 2.60 bits per heavy atom. The number of aromatic nitrogens is 2. The zero-order valence-corrected chi connectivity index (χ0v) is 15.9. The van der Waals surface area contributed by atoms with Gasteiger partial charge in [-0.05, 0) is 44.0 Å². The van der Waals surface area contributed by atoms with Gasteiger partial charge >= 0.3 is 0 Å². The fourth-order valence-electron chi connectivity index (χ4n) is 2.39. The zero-order valence-electron chi connectivity index (χ0n) is 13.6. The molecule has 3 rings (SSSR count). The van der Waals surface area contributed by atoms with Crippen molar-refractivity contribution in [1.82, 2.24) is 10.1 Å². The van der Waals surface area contributed by atoms with E-state index in [2.05, 4.69) is 15.5 Å². The molecule has 0 fully saturated rings. The summed E-state index contributed by atoms with van der Waals surface area (Å²) in [6, 6.07) is 7.46. The molecule has 0 saturated carbocycles. The SMILES string of the molecule is Cc1noc(Cl)c1CCC(=O)Nc1nc(-c2ccc(Cl)cc2)c(C)s1. The van der Waals surface area contributed by atoms with Gasteiger partial charge in [0, 0.05) is 27.4 Å². The van der Waals surface area contributed by atoms with Gasteiger partial charge in [-0.15, -0.1) is 11.3 Å². The standard InChI is InChI=1S/C17H15Cl2N3O2S/c1-9-13(16(19)24-22-9)7-8-14(23)20-17-21-15(10(2)25-17)11-3-5-12(18)6-4-11/h3-6H,7-8H2,1-2H3,(H,20,21,23). The first-order chi connectivity index (χ1) is 11.9. The molecule has 3 aromatic rings. The van der Waals surface area contributed by atoms with E-state index in [-0.39, 0.29) is 17.5 Å². The van der Waals surface area contributed by atoms with Crippen molar-refractivity contribution >= 4 is 45.6 Å².